The maximum Gasteiger partial charge on any atom is 0.353 e. The topological polar surface area (TPSA) is 175 Å². The van der Waals surface area contributed by atoms with E-state index < -0.39 is 23.5 Å². The first-order valence-corrected chi connectivity index (χ1v) is 15.1. The van der Waals surface area contributed by atoms with Crippen LogP contribution in [0.1, 0.15) is 40.0 Å². The van der Waals surface area contributed by atoms with Crippen LogP contribution in [0.3, 0.4) is 0 Å². The van der Waals surface area contributed by atoms with Crippen LogP contribution in [-0.4, -0.2) is 114 Å². The number of carbonyl (C=O) groups is 4. The molecular weight excluding hydrogens is 550 g/mol. The maximum atomic E-state index is 13.4. The molecular formula is C26H37N9O5S. The number of carboxylic acids is 1. The first-order chi connectivity index (χ1) is 19.5. The third-order valence-corrected chi connectivity index (χ3v) is 11.4. The highest BCUT2D eigenvalue weighted by Gasteiger charge is 2.68. The lowest BCUT2D eigenvalue weighted by atomic mass is 9.66. The molecule has 4 fully saturated rings. The zero-order chi connectivity index (χ0) is 29.1. The zero-order valence-electron chi connectivity index (χ0n) is 23.5. The Bertz CT molecular complexity index is 1270. The van der Waals surface area contributed by atoms with Crippen molar-refractivity contribution in [1.82, 2.24) is 46.0 Å². The molecule has 222 valence electrons. The van der Waals surface area contributed by atoms with Crippen molar-refractivity contribution in [3.8, 4) is 0 Å². The van der Waals surface area contributed by atoms with Crippen LogP contribution in [0.5, 0.6) is 0 Å². The number of nitrogens with one attached hydrogen (secondary N) is 3. The van der Waals surface area contributed by atoms with E-state index in [2.05, 4.69) is 31.5 Å². The number of β-lactam (4-membered cyclic amide) rings is 1. The van der Waals surface area contributed by atoms with Crippen molar-refractivity contribution >= 4 is 35.5 Å². The standard InChI is InChI=1S/C26H37N9O5S/c1-14-21(41-16-8-17(28-9-16)22(37)33-6-4-26(5-7-33)11-27-12-26)20(24(39)40)35-23(38)19(25(14,35)3)15(2)30-18(36)10-34-13-29-31-32-34/h13-17,19,27-28H,4-12H2,1-3H3,(H,30,36)(H,39,40)/t14-,15+,16-,17-,19?,25?/m0/s1. The maximum absolute atomic E-state index is 13.4. The molecule has 0 aromatic carbocycles. The molecule has 14 nitrogen and oxygen atoms in total. The number of hydrogen-bond acceptors (Lipinski definition) is 10. The van der Waals surface area contributed by atoms with E-state index in [1.165, 1.54) is 27.7 Å². The van der Waals surface area contributed by atoms with Crippen LogP contribution in [0.15, 0.2) is 16.9 Å². The molecule has 2 unspecified atom stereocenters. The Labute approximate surface area is 242 Å². The molecule has 6 atom stereocenters. The summed E-state index contributed by atoms with van der Waals surface area (Å²) in [6.45, 7) is 9.75. The molecule has 15 heteroatoms. The summed E-state index contributed by atoms with van der Waals surface area (Å²) in [7, 11) is 0. The van der Waals surface area contributed by atoms with Crippen molar-refractivity contribution in [3.63, 3.8) is 0 Å². The van der Waals surface area contributed by atoms with E-state index >= 15 is 0 Å². The van der Waals surface area contributed by atoms with Crippen molar-refractivity contribution in [2.75, 3.05) is 32.7 Å². The highest BCUT2D eigenvalue weighted by molar-refractivity contribution is 8.03. The molecule has 1 aromatic rings. The first kappa shape index (κ1) is 28.1. The Balaban J connectivity index is 1.10. The van der Waals surface area contributed by atoms with Gasteiger partial charge in [0.1, 0.15) is 18.6 Å². The number of carboxylic acid groups (broad SMARTS) is 1. The largest absolute Gasteiger partial charge is 0.477 e. The fourth-order valence-electron chi connectivity index (χ4n) is 7.37. The number of amides is 3. The van der Waals surface area contributed by atoms with Crippen molar-refractivity contribution in [3.05, 3.63) is 16.9 Å². The van der Waals surface area contributed by atoms with E-state index in [4.69, 9.17) is 0 Å². The summed E-state index contributed by atoms with van der Waals surface area (Å²) in [6.07, 6.45) is 4.00. The van der Waals surface area contributed by atoms with Gasteiger partial charge in [-0.1, -0.05) is 6.92 Å². The third-order valence-electron chi connectivity index (χ3n) is 9.93. The molecule has 4 N–H and O–H groups in total. The molecule has 0 saturated carbocycles. The number of fused-ring (bicyclic) bond motifs is 1. The summed E-state index contributed by atoms with van der Waals surface area (Å²) < 4.78 is 1.29. The van der Waals surface area contributed by atoms with Gasteiger partial charge < -0.3 is 26.0 Å². The summed E-state index contributed by atoms with van der Waals surface area (Å²) in [6, 6.07) is -0.812. The fraction of sp³-hybridized carbons (Fsp3) is 0.731. The van der Waals surface area contributed by atoms with E-state index in [0.717, 1.165) is 39.0 Å². The summed E-state index contributed by atoms with van der Waals surface area (Å²) >= 11 is 1.47. The van der Waals surface area contributed by atoms with Crippen LogP contribution in [0.25, 0.3) is 0 Å². The quantitative estimate of drug-likeness (QED) is 0.275. The Kier molecular flexibility index (Phi) is 7.09. The van der Waals surface area contributed by atoms with Gasteiger partial charge in [0, 0.05) is 54.8 Å². The number of carbonyl (C=O) groups excluding carboxylic acids is 3. The van der Waals surface area contributed by atoms with E-state index in [9.17, 15) is 24.3 Å². The highest BCUT2D eigenvalue weighted by atomic mass is 32.2. The van der Waals surface area contributed by atoms with Crippen LogP contribution < -0.4 is 16.0 Å². The Morgan fingerprint density at radius 2 is 2.00 bits per heavy atom. The minimum atomic E-state index is -1.14. The molecule has 0 bridgehead atoms. The minimum Gasteiger partial charge on any atom is -0.477 e. The molecule has 0 aliphatic carbocycles. The van der Waals surface area contributed by atoms with Gasteiger partial charge in [-0.05, 0) is 49.0 Å². The number of aromatic nitrogens is 4. The Morgan fingerprint density at radius 3 is 2.61 bits per heavy atom. The molecule has 4 saturated heterocycles. The third kappa shape index (κ3) is 4.61. The van der Waals surface area contributed by atoms with Gasteiger partial charge in [0.25, 0.3) is 0 Å². The number of tetrazole rings is 1. The Hall–Kier alpha value is -3.04. The molecule has 1 spiro atoms. The van der Waals surface area contributed by atoms with Gasteiger partial charge in [0.2, 0.25) is 17.7 Å². The summed E-state index contributed by atoms with van der Waals surface area (Å²) in [4.78, 5) is 55.7. The van der Waals surface area contributed by atoms with Gasteiger partial charge in [0.15, 0.2) is 0 Å². The molecule has 3 amide bonds. The fourth-order valence-corrected chi connectivity index (χ4v) is 8.93. The van der Waals surface area contributed by atoms with Crippen LogP contribution in [-0.2, 0) is 25.7 Å². The van der Waals surface area contributed by atoms with Crippen molar-refractivity contribution in [2.24, 2.45) is 17.3 Å². The molecule has 0 radical (unpaired) electrons. The van der Waals surface area contributed by atoms with E-state index in [1.807, 2.05) is 18.7 Å². The van der Waals surface area contributed by atoms with Gasteiger partial charge in [-0.25, -0.2) is 9.48 Å². The average Bonchev–Trinajstić information content (AvgIpc) is 3.64. The van der Waals surface area contributed by atoms with Gasteiger partial charge in [-0.3, -0.25) is 19.3 Å². The Morgan fingerprint density at radius 1 is 1.27 bits per heavy atom. The summed E-state index contributed by atoms with van der Waals surface area (Å²) in [5.74, 6) is -2.52. The van der Waals surface area contributed by atoms with Gasteiger partial charge >= 0.3 is 5.97 Å². The minimum absolute atomic E-state index is 0.00647. The second-order valence-corrected chi connectivity index (χ2v) is 13.7. The number of hydrogen-bond donors (Lipinski definition) is 4. The number of rotatable bonds is 8. The van der Waals surface area contributed by atoms with E-state index in [-0.39, 0.29) is 47.2 Å². The molecule has 6 rings (SSSR count). The zero-order valence-corrected chi connectivity index (χ0v) is 24.3. The smallest absolute Gasteiger partial charge is 0.353 e. The van der Waals surface area contributed by atoms with Gasteiger partial charge in [-0.2, -0.15) is 0 Å². The summed E-state index contributed by atoms with van der Waals surface area (Å²) in [5, 5.41) is 30.5. The van der Waals surface area contributed by atoms with Crippen LogP contribution in [0.4, 0.5) is 0 Å². The molecule has 6 heterocycles. The van der Waals surface area contributed by atoms with Crippen LogP contribution >= 0.6 is 11.8 Å². The van der Waals surface area contributed by atoms with E-state index in [1.54, 1.807) is 6.92 Å². The van der Waals surface area contributed by atoms with Gasteiger partial charge in [0.05, 0.1) is 17.5 Å². The van der Waals surface area contributed by atoms with Crippen molar-refractivity contribution in [2.45, 2.75) is 69.5 Å². The SMILES string of the molecule is C[C@@H](NC(=O)Cn1cnnn1)C1C(=O)N2C(C(=O)O)=C(S[C@@H]3CN[C@H](C(=O)N4CCC5(CC4)CNC5)C3)[C@H](C)C12C. The van der Waals surface area contributed by atoms with E-state index in [0.29, 0.717) is 23.3 Å². The molecule has 1 aromatic heterocycles. The number of piperidine rings is 1. The second kappa shape index (κ2) is 10.3. The number of likely N-dealkylation sites (tertiary alicyclic amines) is 1. The average molecular weight is 588 g/mol. The van der Waals surface area contributed by atoms with Crippen molar-refractivity contribution in [1.29, 1.82) is 0 Å². The monoisotopic (exact) mass is 587 g/mol. The van der Waals surface area contributed by atoms with Crippen molar-refractivity contribution < 1.29 is 24.3 Å². The highest BCUT2D eigenvalue weighted by Crippen LogP contribution is 2.58. The second-order valence-electron chi connectivity index (χ2n) is 12.3. The van der Waals surface area contributed by atoms with Crippen LogP contribution in [0, 0.1) is 17.3 Å². The van der Waals surface area contributed by atoms with Crippen LogP contribution in [0.2, 0.25) is 0 Å². The number of nitrogens with zero attached hydrogens (tertiary/aromatic N) is 6. The number of aliphatic carboxylic acids is 1. The predicted octanol–water partition coefficient (Wildman–Crippen LogP) is -0.983. The number of thioether (sulfide) groups is 1. The van der Waals surface area contributed by atoms with Gasteiger partial charge in [-0.15, -0.1) is 16.9 Å². The molecule has 5 aliphatic rings. The normalized spacial score (nSPS) is 32.9. The lowest BCUT2D eigenvalue weighted by Crippen LogP contribution is -2.73. The first-order valence-electron chi connectivity index (χ1n) is 14.3. The predicted molar refractivity (Wildman–Crippen MR) is 147 cm³/mol. The molecule has 41 heavy (non-hydrogen) atoms. The lowest BCUT2D eigenvalue weighted by molar-refractivity contribution is -0.170. The molecule has 5 aliphatic heterocycles. The summed E-state index contributed by atoms with van der Waals surface area (Å²) in [5.41, 5.74) is -0.412. The lowest BCUT2D eigenvalue weighted by Gasteiger charge is -2.56.